The normalized spacial score (nSPS) is 17.3. The van der Waals surface area contributed by atoms with Crippen molar-refractivity contribution in [3.8, 4) is 5.75 Å². The molecule has 0 bridgehead atoms. The molecule has 0 radical (unpaired) electrons. The number of ether oxygens (including phenoxy) is 1. The number of nitrogens with zero attached hydrogens (tertiary/aromatic N) is 2. The van der Waals surface area contributed by atoms with E-state index in [9.17, 15) is 4.79 Å². The first-order valence-corrected chi connectivity index (χ1v) is 8.72. The molecule has 6 heteroatoms. The Balaban J connectivity index is 1.45. The van der Waals surface area contributed by atoms with E-state index in [2.05, 4.69) is 15.2 Å². The summed E-state index contributed by atoms with van der Waals surface area (Å²) in [6.07, 6.45) is 4.04. The number of nitrogens with one attached hydrogen (secondary N) is 1. The van der Waals surface area contributed by atoms with E-state index in [0.717, 1.165) is 35.8 Å². The Morgan fingerprint density at radius 1 is 1.52 bits per heavy atom. The van der Waals surface area contributed by atoms with Crippen LogP contribution in [0.5, 0.6) is 5.75 Å². The summed E-state index contributed by atoms with van der Waals surface area (Å²) in [6, 6.07) is 8.03. The number of carbonyl (C=O) groups is 1. The first-order valence-electron chi connectivity index (χ1n) is 7.84. The highest BCUT2D eigenvalue weighted by molar-refractivity contribution is 7.13. The van der Waals surface area contributed by atoms with Gasteiger partial charge in [-0.05, 0) is 37.5 Å². The fourth-order valence-electron chi connectivity index (χ4n) is 2.79. The number of benzene rings is 1. The Hall–Kier alpha value is -2.08. The second kappa shape index (κ2) is 7.46. The Kier molecular flexibility index (Phi) is 5.12. The lowest BCUT2D eigenvalue weighted by Crippen LogP contribution is -2.41. The molecule has 122 valence electrons. The number of aryl methyl sites for hydroxylation is 1. The van der Waals surface area contributed by atoms with Gasteiger partial charge in [0.15, 0.2) is 11.7 Å². The van der Waals surface area contributed by atoms with Gasteiger partial charge >= 0.3 is 0 Å². The number of hydrogen-bond donors (Lipinski definition) is 1. The maximum Gasteiger partial charge on any atom is 0.258 e. The highest BCUT2D eigenvalue weighted by atomic mass is 32.1. The number of thiazole rings is 1. The number of amides is 1. The van der Waals surface area contributed by atoms with E-state index in [1.807, 2.05) is 42.8 Å². The molecular formula is C17H21N3O2S. The SMILES string of the molecule is Cc1cccc(OCC(=O)NCC2CCCN2c2nccs2)c1. The molecule has 1 saturated heterocycles. The van der Waals surface area contributed by atoms with Crippen LogP contribution < -0.4 is 15.0 Å². The first-order chi connectivity index (χ1) is 11.2. The van der Waals surface area contributed by atoms with Gasteiger partial charge in [-0.2, -0.15) is 0 Å². The third-order valence-corrected chi connectivity index (χ3v) is 4.74. The second-order valence-electron chi connectivity index (χ2n) is 5.71. The summed E-state index contributed by atoms with van der Waals surface area (Å²) in [7, 11) is 0. The minimum absolute atomic E-state index is 0.0490. The molecular weight excluding hydrogens is 310 g/mol. The van der Waals surface area contributed by atoms with Gasteiger partial charge in [-0.3, -0.25) is 4.79 Å². The number of rotatable bonds is 6. The Bertz CT molecular complexity index is 645. The Morgan fingerprint density at radius 3 is 3.22 bits per heavy atom. The molecule has 1 aromatic carbocycles. The Labute approximate surface area is 140 Å². The van der Waals surface area contributed by atoms with Crippen molar-refractivity contribution in [2.75, 3.05) is 24.6 Å². The smallest absolute Gasteiger partial charge is 0.258 e. The van der Waals surface area contributed by atoms with E-state index in [4.69, 9.17) is 4.74 Å². The van der Waals surface area contributed by atoms with Gasteiger partial charge in [-0.25, -0.2) is 4.98 Å². The molecule has 1 fully saturated rings. The van der Waals surface area contributed by atoms with Crippen molar-refractivity contribution in [2.24, 2.45) is 0 Å². The lowest BCUT2D eigenvalue weighted by molar-refractivity contribution is -0.123. The zero-order valence-corrected chi connectivity index (χ0v) is 14.0. The van der Waals surface area contributed by atoms with Crippen molar-refractivity contribution in [1.82, 2.24) is 10.3 Å². The summed E-state index contributed by atoms with van der Waals surface area (Å²) >= 11 is 1.64. The van der Waals surface area contributed by atoms with Crippen LogP contribution in [-0.4, -0.2) is 36.6 Å². The van der Waals surface area contributed by atoms with Crippen molar-refractivity contribution >= 4 is 22.4 Å². The van der Waals surface area contributed by atoms with Crippen LogP contribution in [0.25, 0.3) is 0 Å². The average Bonchev–Trinajstić information content (AvgIpc) is 3.21. The predicted molar refractivity (Wildman–Crippen MR) is 92.2 cm³/mol. The maximum atomic E-state index is 12.0. The van der Waals surface area contributed by atoms with Gasteiger partial charge in [0.2, 0.25) is 0 Å². The molecule has 1 unspecified atom stereocenters. The lowest BCUT2D eigenvalue weighted by atomic mass is 10.2. The van der Waals surface area contributed by atoms with Crippen LogP contribution in [0.3, 0.4) is 0 Å². The van der Waals surface area contributed by atoms with Gasteiger partial charge in [-0.1, -0.05) is 12.1 Å². The van der Waals surface area contributed by atoms with Crippen LogP contribution in [0, 0.1) is 6.92 Å². The molecule has 1 atom stereocenters. The zero-order chi connectivity index (χ0) is 16.1. The predicted octanol–water partition coefficient (Wildman–Crippen LogP) is 2.62. The van der Waals surface area contributed by atoms with E-state index in [-0.39, 0.29) is 12.5 Å². The highest BCUT2D eigenvalue weighted by Gasteiger charge is 2.26. The Morgan fingerprint density at radius 2 is 2.43 bits per heavy atom. The third-order valence-electron chi connectivity index (χ3n) is 3.94. The highest BCUT2D eigenvalue weighted by Crippen LogP contribution is 2.26. The van der Waals surface area contributed by atoms with Gasteiger partial charge in [0.25, 0.3) is 5.91 Å². The molecule has 2 aromatic rings. The van der Waals surface area contributed by atoms with E-state index in [0.29, 0.717) is 12.6 Å². The molecule has 0 aliphatic carbocycles. The molecule has 2 heterocycles. The minimum atomic E-state index is -0.0857. The second-order valence-corrected chi connectivity index (χ2v) is 6.59. The molecule has 1 aromatic heterocycles. The van der Waals surface area contributed by atoms with Crippen molar-refractivity contribution in [2.45, 2.75) is 25.8 Å². The van der Waals surface area contributed by atoms with Gasteiger partial charge in [0.05, 0.1) is 0 Å². The van der Waals surface area contributed by atoms with Crippen LogP contribution >= 0.6 is 11.3 Å². The molecule has 3 rings (SSSR count). The van der Waals surface area contributed by atoms with Crippen molar-refractivity contribution in [3.05, 3.63) is 41.4 Å². The fraction of sp³-hybridized carbons (Fsp3) is 0.412. The molecule has 1 N–H and O–H groups in total. The van der Waals surface area contributed by atoms with Crippen LogP contribution in [0.1, 0.15) is 18.4 Å². The van der Waals surface area contributed by atoms with E-state index in [1.54, 1.807) is 11.3 Å². The van der Waals surface area contributed by atoms with E-state index < -0.39 is 0 Å². The van der Waals surface area contributed by atoms with Crippen molar-refractivity contribution < 1.29 is 9.53 Å². The first kappa shape index (κ1) is 15.8. The summed E-state index contributed by atoms with van der Waals surface area (Å²) in [5, 5.41) is 6.00. The zero-order valence-electron chi connectivity index (χ0n) is 13.2. The van der Waals surface area contributed by atoms with Gasteiger partial charge in [-0.15, -0.1) is 11.3 Å². The summed E-state index contributed by atoms with van der Waals surface area (Å²) in [5.41, 5.74) is 1.12. The molecule has 0 spiro atoms. The molecule has 0 saturated carbocycles. The molecule has 1 aliphatic rings. The lowest BCUT2D eigenvalue weighted by Gasteiger charge is -2.24. The molecule has 5 nitrogen and oxygen atoms in total. The van der Waals surface area contributed by atoms with Gasteiger partial charge in [0, 0.05) is 30.7 Å². The van der Waals surface area contributed by atoms with Gasteiger partial charge in [0.1, 0.15) is 5.75 Å². The maximum absolute atomic E-state index is 12.0. The number of aromatic nitrogens is 1. The summed E-state index contributed by atoms with van der Waals surface area (Å²) in [5.74, 6) is 0.642. The third kappa shape index (κ3) is 4.22. The standard InChI is InChI=1S/C17H21N3O2S/c1-13-4-2-6-15(10-13)22-12-16(21)19-11-14-5-3-8-20(14)17-18-7-9-23-17/h2,4,6-7,9-10,14H,3,5,8,11-12H2,1H3,(H,19,21). The quantitative estimate of drug-likeness (QED) is 0.884. The number of carbonyl (C=O) groups excluding carboxylic acids is 1. The number of hydrogen-bond acceptors (Lipinski definition) is 5. The van der Waals surface area contributed by atoms with E-state index >= 15 is 0 Å². The van der Waals surface area contributed by atoms with Crippen LogP contribution in [0.15, 0.2) is 35.8 Å². The van der Waals surface area contributed by atoms with Gasteiger partial charge < -0.3 is 15.0 Å². The van der Waals surface area contributed by atoms with Crippen LogP contribution in [0.2, 0.25) is 0 Å². The van der Waals surface area contributed by atoms with Crippen LogP contribution in [-0.2, 0) is 4.79 Å². The largest absolute Gasteiger partial charge is 0.484 e. The van der Waals surface area contributed by atoms with Crippen LogP contribution in [0.4, 0.5) is 5.13 Å². The average molecular weight is 331 g/mol. The minimum Gasteiger partial charge on any atom is -0.484 e. The summed E-state index contributed by atoms with van der Waals surface area (Å²) in [4.78, 5) is 18.6. The molecule has 1 amide bonds. The monoisotopic (exact) mass is 331 g/mol. The van der Waals surface area contributed by atoms with E-state index in [1.165, 1.54) is 0 Å². The van der Waals surface area contributed by atoms with Crippen molar-refractivity contribution in [1.29, 1.82) is 0 Å². The fourth-order valence-corrected chi connectivity index (χ4v) is 3.54. The summed E-state index contributed by atoms with van der Waals surface area (Å²) < 4.78 is 5.53. The molecule has 23 heavy (non-hydrogen) atoms. The number of anilines is 1. The topological polar surface area (TPSA) is 54.5 Å². The van der Waals surface area contributed by atoms with Crippen molar-refractivity contribution in [3.63, 3.8) is 0 Å². The summed E-state index contributed by atoms with van der Waals surface area (Å²) in [6.45, 7) is 3.69. The molecule has 1 aliphatic heterocycles.